The second kappa shape index (κ2) is 6.93. The number of aliphatic hydroxyl groups excluding tert-OH is 2. The fraction of sp³-hybridized carbons (Fsp3) is 1.00. The van der Waals surface area contributed by atoms with Gasteiger partial charge in [-0.3, -0.25) is 0 Å². The van der Waals surface area contributed by atoms with Crippen molar-refractivity contribution in [3.63, 3.8) is 0 Å². The summed E-state index contributed by atoms with van der Waals surface area (Å²) in [6.07, 6.45) is 9.56. The highest BCUT2D eigenvalue weighted by molar-refractivity contribution is 5.16. The standard InChI is InChI=1S/C27H44O4/c1-15-7-10-27(30-14-15)16(2)24-22(31-27)13-21-19-6-5-17-11-18(28)12-23(29)26(17,4)20(19)8-9-25(21,24)3/h15-24,28-29H,5-14H2,1-4H3/t15-,16+,17-,18?,19-,20+,21+,22+,23?,24+,25+,26+,27-/m1/s1. The molecule has 6 rings (SSSR count). The minimum atomic E-state index is -0.351. The largest absolute Gasteiger partial charge is 0.393 e. The van der Waals surface area contributed by atoms with Gasteiger partial charge in [-0.25, -0.2) is 0 Å². The normalized spacial score (nSPS) is 63.3. The molecular formula is C27H44O4. The van der Waals surface area contributed by atoms with Crippen LogP contribution >= 0.6 is 0 Å². The van der Waals surface area contributed by atoms with Gasteiger partial charge in [0.25, 0.3) is 0 Å². The van der Waals surface area contributed by atoms with Crippen LogP contribution in [0.5, 0.6) is 0 Å². The summed E-state index contributed by atoms with van der Waals surface area (Å²) in [5.41, 5.74) is 0.320. The molecule has 6 fully saturated rings. The lowest BCUT2D eigenvalue weighted by Crippen LogP contribution is -2.59. The molecular weight excluding hydrogens is 388 g/mol. The molecule has 4 aliphatic carbocycles. The van der Waals surface area contributed by atoms with E-state index in [-0.39, 0.29) is 23.4 Å². The van der Waals surface area contributed by atoms with Crippen LogP contribution in [0.15, 0.2) is 0 Å². The molecule has 4 saturated carbocycles. The number of rotatable bonds is 0. The van der Waals surface area contributed by atoms with Crippen molar-refractivity contribution in [2.45, 2.75) is 110 Å². The first-order valence-electron chi connectivity index (χ1n) is 13.4. The minimum Gasteiger partial charge on any atom is -0.393 e. The lowest BCUT2D eigenvalue weighted by atomic mass is 9.43. The minimum absolute atomic E-state index is 0.0164. The number of aliphatic hydroxyl groups is 2. The lowest BCUT2D eigenvalue weighted by Gasteiger charge is -2.62. The predicted octanol–water partition coefficient (Wildman–Crippen LogP) is 4.76. The molecule has 0 aromatic rings. The quantitative estimate of drug-likeness (QED) is 0.579. The average molecular weight is 433 g/mol. The Morgan fingerprint density at radius 2 is 1.68 bits per heavy atom. The molecule has 4 heteroatoms. The lowest BCUT2D eigenvalue weighted by molar-refractivity contribution is -0.273. The van der Waals surface area contributed by atoms with Gasteiger partial charge in [0, 0.05) is 12.3 Å². The van der Waals surface area contributed by atoms with Crippen molar-refractivity contribution in [1.82, 2.24) is 0 Å². The predicted molar refractivity (Wildman–Crippen MR) is 119 cm³/mol. The van der Waals surface area contributed by atoms with Crippen LogP contribution in [-0.2, 0) is 9.47 Å². The molecule has 176 valence electrons. The van der Waals surface area contributed by atoms with Gasteiger partial charge >= 0.3 is 0 Å². The van der Waals surface area contributed by atoms with Crippen LogP contribution in [0.4, 0.5) is 0 Å². The maximum atomic E-state index is 11.2. The van der Waals surface area contributed by atoms with E-state index >= 15 is 0 Å². The summed E-state index contributed by atoms with van der Waals surface area (Å²) >= 11 is 0. The fourth-order valence-corrected chi connectivity index (χ4v) is 10.3. The van der Waals surface area contributed by atoms with Crippen molar-refractivity contribution in [1.29, 1.82) is 0 Å². The molecule has 2 aliphatic heterocycles. The fourth-order valence-electron chi connectivity index (χ4n) is 10.3. The first-order valence-corrected chi connectivity index (χ1v) is 13.4. The smallest absolute Gasteiger partial charge is 0.171 e. The van der Waals surface area contributed by atoms with Gasteiger partial charge in [0.05, 0.1) is 24.9 Å². The molecule has 0 bridgehead atoms. The molecule has 31 heavy (non-hydrogen) atoms. The van der Waals surface area contributed by atoms with E-state index < -0.39 is 0 Å². The van der Waals surface area contributed by atoms with Crippen molar-refractivity contribution in [3.05, 3.63) is 0 Å². The monoisotopic (exact) mass is 432 g/mol. The number of hydrogen-bond acceptors (Lipinski definition) is 4. The Labute approximate surface area is 188 Å². The zero-order valence-corrected chi connectivity index (χ0v) is 20.1. The van der Waals surface area contributed by atoms with Crippen LogP contribution in [0.3, 0.4) is 0 Å². The van der Waals surface area contributed by atoms with E-state index in [9.17, 15) is 10.2 Å². The summed E-state index contributed by atoms with van der Waals surface area (Å²) in [7, 11) is 0. The molecule has 6 aliphatic rings. The van der Waals surface area contributed by atoms with Crippen LogP contribution in [0.25, 0.3) is 0 Å². The Kier molecular flexibility index (Phi) is 4.78. The molecule has 2 unspecified atom stereocenters. The summed E-state index contributed by atoms with van der Waals surface area (Å²) < 4.78 is 13.3. The molecule has 2 N–H and O–H groups in total. The van der Waals surface area contributed by atoms with E-state index in [4.69, 9.17) is 9.47 Å². The second-order valence-electron chi connectivity index (χ2n) is 13.2. The van der Waals surface area contributed by atoms with E-state index in [0.717, 1.165) is 19.4 Å². The Balaban J connectivity index is 1.27. The van der Waals surface area contributed by atoms with Crippen LogP contribution in [0.2, 0.25) is 0 Å². The van der Waals surface area contributed by atoms with E-state index in [2.05, 4.69) is 27.7 Å². The molecule has 2 heterocycles. The second-order valence-corrected chi connectivity index (χ2v) is 13.2. The van der Waals surface area contributed by atoms with Gasteiger partial charge in [0.15, 0.2) is 5.79 Å². The summed E-state index contributed by atoms with van der Waals surface area (Å²) in [6, 6.07) is 0. The van der Waals surface area contributed by atoms with E-state index in [1.54, 1.807) is 0 Å². The molecule has 2 saturated heterocycles. The first-order chi connectivity index (χ1) is 14.7. The zero-order valence-electron chi connectivity index (χ0n) is 20.1. The Morgan fingerprint density at radius 3 is 2.42 bits per heavy atom. The third-order valence-electron chi connectivity index (χ3n) is 12.0. The zero-order chi connectivity index (χ0) is 21.8. The van der Waals surface area contributed by atoms with Crippen molar-refractivity contribution in [3.8, 4) is 0 Å². The Morgan fingerprint density at radius 1 is 0.871 bits per heavy atom. The third kappa shape index (κ3) is 2.74. The SMILES string of the molecule is C[C@@H]1CC[C@@]2(OC1)O[C@H]1C[C@H]3[C@@H]4CC[C@@H]5CC(O)CC(O)[C@]5(C)[C@H]4CC[C@]3(C)[C@H]1[C@@H]2C. The summed E-state index contributed by atoms with van der Waals surface area (Å²) in [6.45, 7) is 10.5. The van der Waals surface area contributed by atoms with Gasteiger partial charge in [0.2, 0.25) is 0 Å². The molecule has 0 aromatic heterocycles. The Bertz CT molecular complexity index is 716. The van der Waals surface area contributed by atoms with Gasteiger partial charge in [-0.2, -0.15) is 0 Å². The molecule has 13 atom stereocenters. The Hall–Kier alpha value is -0.160. The molecule has 0 amide bonds. The van der Waals surface area contributed by atoms with E-state index in [0.29, 0.717) is 59.4 Å². The van der Waals surface area contributed by atoms with Crippen molar-refractivity contribution >= 4 is 0 Å². The van der Waals surface area contributed by atoms with Crippen LogP contribution in [0, 0.1) is 52.3 Å². The van der Waals surface area contributed by atoms with Gasteiger partial charge in [-0.05, 0) is 97.7 Å². The van der Waals surface area contributed by atoms with Crippen molar-refractivity contribution in [2.75, 3.05) is 6.61 Å². The molecule has 4 nitrogen and oxygen atoms in total. The average Bonchev–Trinajstić information content (AvgIpc) is 3.16. The highest BCUT2D eigenvalue weighted by Gasteiger charge is 2.69. The molecule has 1 spiro atoms. The van der Waals surface area contributed by atoms with Crippen molar-refractivity contribution in [2.24, 2.45) is 52.3 Å². The van der Waals surface area contributed by atoms with E-state index in [1.807, 2.05) is 0 Å². The third-order valence-corrected chi connectivity index (χ3v) is 12.0. The van der Waals surface area contributed by atoms with Crippen LogP contribution in [0.1, 0.15) is 85.5 Å². The topological polar surface area (TPSA) is 58.9 Å². The van der Waals surface area contributed by atoms with Gasteiger partial charge in [0.1, 0.15) is 0 Å². The van der Waals surface area contributed by atoms with Crippen LogP contribution in [-0.4, -0.2) is 40.9 Å². The number of ether oxygens (including phenoxy) is 2. The first kappa shape index (κ1) is 21.4. The highest BCUT2D eigenvalue weighted by Crippen LogP contribution is 2.71. The molecule has 0 radical (unpaired) electrons. The summed E-state index contributed by atoms with van der Waals surface area (Å²) in [5.74, 6) is 3.89. The van der Waals surface area contributed by atoms with Gasteiger partial charge < -0.3 is 19.7 Å². The maximum absolute atomic E-state index is 11.2. The number of fused-ring (bicyclic) bond motifs is 7. The summed E-state index contributed by atoms with van der Waals surface area (Å²) in [4.78, 5) is 0. The molecule has 0 aromatic carbocycles. The highest BCUT2D eigenvalue weighted by atomic mass is 16.7. The summed E-state index contributed by atoms with van der Waals surface area (Å²) in [5, 5.41) is 21.5. The maximum Gasteiger partial charge on any atom is 0.171 e. The van der Waals surface area contributed by atoms with E-state index in [1.165, 1.54) is 38.5 Å². The van der Waals surface area contributed by atoms with Crippen LogP contribution < -0.4 is 0 Å². The van der Waals surface area contributed by atoms with Crippen molar-refractivity contribution < 1.29 is 19.7 Å². The van der Waals surface area contributed by atoms with Gasteiger partial charge in [-0.15, -0.1) is 0 Å². The van der Waals surface area contributed by atoms with Gasteiger partial charge in [-0.1, -0.05) is 27.7 Å². The number of hydrogen-bond donors (Lipinski definition) is 2.